The number of nitrogens with zero attached hydrogens (tertiary/aromatic N) is 1. The molecule has 1 atom stereocenters. The van der Waals surface area contributed by atoms with Crippen LogP contribution in [0.15, 0.2) is 24.3 Å². The van der Waals surface area contributed by atoms with Crippen molar-refractivity contribution in [2.45, 2.75) is 18.5 Å². The lowest BCUT2D eigenvalue weighted by Gasteiger charge is -2.24. The molecule has 1 heterocycles. The highest BCUT2D eigenvalue weighted by atomic mass is 32.2. The number of hydrogen-bond acceptors (Lipinski definition) is 3. The van der Waals surface area contributed by atoms with Gasteiger partial charge in [-0.15, -0.1) is 11.8 Å². The lowest BCUT2D eigenvalue weighted by atomic mass is 10.1. The van der Waals surface area contributed by atoms with Crippen molar-refractivity contribution in [2.75, 3.05) is 25.4 Å². The number of hydrogen-bond donors (Lipinski definition) is 1. The Morgan fingerprint density at radius 1 is 1.33 bits per heavy atom. The van der Waals surface area contributed by atoms with Crippen LogP contribution in [0.4, 0.5) is 13.2 Å². The molecule has 1 amide bonds. The predicted molar refractivity (Wildman–Crippen MR) is 76.9 cm³/mol. The number of halogens is 3. The van der Waals surface area contributed by atoms with Crippen LogP contribution in [0.25, 0.3) is 0 Å². The number of amides is 1. The summed E-state index contributed by atoms with van der Waals surface area (Å²) < 4.78 is 37.7. The number of nitrogens with one attached hydrogen (secondary N) is 1. The first-order chi connectivity index (χ1) is 9.93. The van der Waals surface area contributed by atoms with Crippen LogP contribution in [0, 0.1) is 0 Å². The van der Waals surface area contributed by atoms with Gasteiger partial charge in [0.1, 0.15) is 5.37 Å². The van der Waals surface area contributed by atoms with E-state index in [0.717, 1.165) is 24.2 Å². The van der Waals surface area contributed by atoms with Gasteiger partial charge in [-0.2, -0.15) is 13.2 Å². The Labute approximate surface area is 125 Å². The molecule has 21 heavy (non-hydrogen) atoms. The molecule has 0 saturated carbocycles. The summed E-state index contributed by atoms with van der Waals surface area (Å²) in [5, 5.41) is 2.95. The molecular formula is C14H17F3N2OS. The van der Waals surface area contributed by atoms with Gasteiger partial charge >= 0.3 is 6.18 Å². The van der Waals surface area contributed by atoms with Gasteiger partial charge in [0.2, 0.25) is 5.91 Å². The van der Waals surface area contributed by atoms with Gasteiger partial charge in [-0.05, 0) is 24.2 Å². The van der Waals surface area contributed by atoms with E-state index in [-0.39, 0.29) is 11.3 Å². The van der Waals surface area contributed by atoms with Crippen molar-refractivity contribution in [3.63, 3.8) is 0 Å². The van der Waals surface area contributed by atoms with E-state index >= 15 is 0 Å². The van der Waals surface area contributed by atoms with Crippen molar-refractivity contribution < 1.29 is 18.0 Å². The summed E-state index contributed by atoms with van der Waals surface area (Å²) in [6.07, 6.45) is -4.33. The van der Waals surface area contributed by atoms with Gasteiger partial charge < -0.3 is 10.2 Å². The second kappa shape index (κ2) is 6.70. The average Bonchev–Trinajstić information content (AvgIpc) is 2.80. The Balaban J connectivity index is 2.10. The summed E-state index contributed by atoms with van der Waals surface area (Å²) in [7, 11) is 0. The number of carbonyl (C=O) groups excluding carboxylic acids is 1. The summed E-state index contributed by atoms with van der Waals surface area (Å²) in [6, 6.07) is 5.06. The predicted octanol–water partition coefficient (Wildman–Crippen LogP) is 2.89. The van der Waals surface area contributed by atoms with Crippen molar-refractivity contribution in [3.05, 3.63) is 35.4 Å². The number of thioether (sulfide) groups is 1. The molecule has 1 aliphatic rings. The lowest BCUT2D eigenvalue weighted by molar-refractivity contribution is -0.137. The third-order valence-corrected chi connectivity index (χ3v) is 4.53. The number of carbonyl (C=O) groups is 1. The van der Waals surface area contributed by atoms with E-state index in [4.69, 9.17) is 0 Å². The summed E-state index contributed by atoms with van der Waals surface area (Å²) in [5.74, 6) is 0.403. The third kappa shape index (κ3) is 3.91. The first kappa shape index (κ1) is 16.2. The van der Waals surface area contributed by atoms with Crippen LogP contribution in [0.1, 0.15) is 23.4 Å². The van der Waals surface area contributed by atoms with Crippen molar-refractivity contribution in [3.8, 4) is 0 Å². The third-order valence-electron chi connectivity index (χ3n) is 3.27. The van der Waals surface area contributed by atoms with E-state index in [0.29, 0.717) is 18.8 Å². The molecule has 0 radical (unpaired) electrons. The molecule has 0 spiro atoms. The minimum atomic E-state index is -4.33. The van der Waals surface area contributed by atoms with Gasteiger partial charge in [-0.1, -0.05) is 19.1 Å². The summed E-state index contributed by atoms with van der Waals surface area (Å²) in [6.45, 7) is 4.04. The quantitative estimate of drug-likeness (QED) is 0.847. The van der Waals surface area contributed by atoms with Gasteiger partial charge in [0.15, 0.2) is 0 Å². The molecule has 1 N–H and O–H groups in total. The zero-order valence-corrected chi connectivity index (χ0v) is 12.4. The van der Waals surface area contributed by atoms with Gasteiger partial charge in [0.05, 0.1) is 11.3 Å². The van der Waals surface area contributed by atoms with Crippen molar-refractivity contribution >= 4 is 17.7 Å². The Kier molecular flexibility index (Phi) is 5.16. The van der Waals surface area contributed by atoms with E-state index in [9.17, 15) is 18.0 Å². The van der Waals surface area contributed by atoms with Crippen LogP contribution in [0.2, 0.25) is 0 Å². The van der Waals surface area contributed by atoms with Crippen LogP contribution in [0.3, 0.4) is 0 Å². The Morgan fingerprint density at radius 2 is 2.00 bits per heavy atom. The number of alkyl halides is 3. The fourth-order valence-corrected chi connectivity index (χ4v) is 3.40. The molecule has 116 valence electrons. The minimum absolute atomic E-state index is 0.0304. The Bertz CT molecular complexity index is 490. The maximum absolute atomic E-state index is 12.6. The summed E-state index contributed by atoms with van der Waals surface area (Å²) in [5.41, 5.74) is 0.0649. The minimum Gasteiger partial charge on any atom is -0.325 e. The van der Waals surface area contributed by atoms with E-state index in [1.807, 2.05) is 6.92 Å². The SMILES string of the molecule is CCNCCN1C(=O)CS[C@@H]1c1ccc(C(F)(F)F)cc1. The molecule has 1 saturated heterocycles. The zero-order chi connectivity index (χ0) is 15.5. The molecule has 1 aliphatic heterocycles. The van der Waals surface area contributed by atoms with Gasteiger partial charge in [-0.25, -0.2) is 0 Å². The number of benzene rings is 1. The maximum atomic E-state index is 12.6. The van der Waals surface area contributed by atoms with Crippen molar-refractivity contribution in [2.24, 2.45) is 0 Å². The van der Waals surface area contributed by atoms with Crippen LogP contribution in [-0.2, 0) is 11.0 Å². The zero-order valence-electron chi connectivity index (χ0n) is 11.6. The standard InChI is InChI=1S/C14H17F3N2OS/c1-2-18-7-8-19-12(20)9-21-13(19)10-3-5-11(6-4-10)14(15,16)17/h3-6,13,18H,2,7-9H2,1H3/t13-/m1/s1. The van der Waals surface area contributed by atoms with Crippen LogP contribution >= 0.6 is 11.8 Å². The monoisotopic (exact) mass is 318 g/mol. The molecule has 0 unspecified atom stereocenters. The molecule has 7 heteroatoms. The smallest absolute Gasteiger partial charge is 0.325 e. The van der Waals surface area contributed by atoms with E-state index in [1.165, 1.54) is 23.9 Å². The average molecular weight is 318 g/mol. The fourth-order valence-electron chi connectivity index (χ4n) is 2.19. The topological polar surface area (TPSA) is 32.3 Å². The normalized spacial score (nSPS) is 19.3. The molecular weight excluding hydrogens is 301 g/mol. The Morgan fingerprint density at radius 3 is 2.57 bits per heavy atom. The lowest BCUT2D eigenvalue weighted by Crippen LogP contribution is -2.35. The molecule has 3 nitrogen and oxygen atoms in total. The highest BCUT2D eigenvalue weighted by molar-refractivity contribution is 8.00. The van der Waals surface area contributed by atoms with Gasteiger partial charge in [0.25, 0.3) is 0 Å². The van der Waals surface area contributed by atoms with Crippen molar-refractivity contribution in [1.29, 1.82) is 0 Å². The second-order valence-corrected chi connectivity index (χ2v) is 5.79. The molecule has 0 aliphatic carbocycles. The first-order valence-corrected chi connectivity index (χ1v) is 7.77. The summed E-state index contributed by atoms with van der Waals surface area (Å²) >= 11 is 1.45. The molecule has 0 bridgehead atoms. The van der Waals surface area contributed by atoms with Gasteiger partial charge in [-0.3, -0.25) is 4.79 Å². The van der Waals surface area contributed by atoms with Crippen LogP contribution in [0.5, 0.6) is 0 Å². The molecule has 1 fully saturated rings. The van der Waals surface area contributed by atoms with E-state index in [1.54, 1.807) is 4.90 Å². The summed E-state index contributed by atoms with van der Waals surface area (Å²) in [4.78, 5) is 13.6. The molecule has 1 aromatic carbocycles. The largest absolute Gasteiger partial charge is 0.416 e. The number of rotatable bonds is 5. The highest BCUT2D eigenvalue weighted by Gasteiger charge is 2.34. The number of likely N-dealkylation sites (N-methyl/N-ethyl adjacent to an activating group) is 1. The second-order valence-electron chi connectivity index (χ2n) is 4.72. The van der Waals surface area contributed by atoms with E-state index in [2.05, 4.69) is 5.32 Å². The molecule has 2 rings (SSSR count). The van der Waals surface area contributed by atoms with Crippen LogP contribution in [-0.4, -0.2) is 36.2 Å². The molecule has 0 aromatic heterocycles. The Hall–Kier alpha value is -1.21. The van der Waals surface area contributed by atoms with E-state index < -0.39 is 11.7 Å². The first-order valence-electron chi connectivity index (χ1n) is 6.72. The van der Waals surface area contributed by atoms with Gasteiger partial charge in [0, 0.05) is 13.1 Å². The molecule has 1 aromatic rings. The van der Waals surface area contributed by atoms with Crippen molar-refractivity contribution in [1.82, 2.24) is 10.2 Å². The van der Waals surface area contributed by atoms with Crippen LogP contribution < -0.4 is 5.32 Å². The maximum Gasteiger partial charge on any atom is 0.416 e. The highest BCUT2D eigenvalue weighted by Crippen LogP contribution is 2.39. The fraction of sp³-hybridized carbons (Fsp3) is 0.500.